The van der Waals surface area contributed by atoms with Crippen molar-refractivity contribution >= 4 is 27.5 Å². The van der Waals surface area contributed by atoms with Crippen LogP contribution in [0.25, 0.3) is 0 Å². The fourth-order valence-corrected chi connectivity index (χ4v) is 4.96. The number of amides is 2. The van der Waals surface area contributed by atoms with Crippen LogP contribution in [-0.4, -0.2) is 50.0 Å². The van der Waals surface area contributed by atoms with Crippen molar-refractivity contribution in [1.29, 1.82) is 0 Å². The first-order valence-corrected chi connectivity index (χ1v) is 13.4. The molecular formula is C25H31F2N3O4S. The Morgan fingerprint density at radius 3 is 2.26 bits per heavy atom. The van der Waals surface area contributed by atoms with E-state index in [9.17, 15) is 26.8 Å². The lowest BCUT2D eigenvalue weighted by molar-refractivity contribution is -0.139. The van der Waals surface area contributed by atoms with Crippen molar-refractivity contribution in [3.05, 3.63) is 65.2 Å². The summed E-state index contributed by atoms with van der Waals surface area (Å²) in [6, 6.07) is 9.22. The molecule has 10 heteroatoms. The van der Waals surface area contributed by atoms with E-state index >= 15 is 0 Å². The molecular weight excluding hydrogens is 476 g/mol. The second-order valence-electron chi connectivity index (χ2n) is 9.04. The largest absolute Gasteiger partial charge is 0.352 e. The molecule has 0 radical (unpaired) electrons. The van der Waals surface area contributed by atoms with Crippen LogP contribution < -0.4 is 9.62 Å². The highest BCUT2D eigenvalue weighted by Gasteiger charge is 2.31. The molecule has 7 nitrogen and oxygen atoms in total. The molecule has 2 aromatic rings. The molecule has 190 valence electrons. The maximum atomic E-state index is 13.8. The van der Waals surface area contributed by atoms with Gasteiger partial charge in [0.15, 0.2) is 11.6 Å². The molecule has 2 aromatic carbocycles. The monoisotopic (exact) mass is 507 g/mol. The number of hydrogen-bond donors (Lipinski definition) is 1. The van der Waals surface area contributed by atoms with Gasteiger partial charge >= 0.3 is 0 Å². The average molecular weight is 508 g/mol. The summed E-state index contributed by atoms with van der Waals surface area (Å²) in [6.45, 7) is 2.93. The minimum atomic E-state index is -4.02. The first-order chi connectivity index (χ1) is 16.5. The van der Waals surface area contributed by atoms with E-state index in [1.54, 1.807) is 6.92 Å². The first-order valence-electron chi connectivity index (χ1n) is 11.5. The van der Waals surface area contributed by atoms with Crippen LogP contribution in [0.1, 0.15) is 43.7 Å². The van der Waals surface area contributed by atoms with Crippen LogP contribution in [0, 0.1) is 18.6 Å². The summed E-state index contributed by atoms with van der Waals surface area (Å²) < 4.78 is 52.9. The summed E-state index contributed by atoms with van der Waals surface area (Å²) in [5.41, 5.74) is 1.61. The lowest BCUT2D eigenvalue weighted by Crippen LogP contribution is -2.52. The van der Waals surface area contributed by atoms with Crippen molar-refractivity contribution in [2.45, 2.75) is 58.2 Å². The number of aryl methyl sites for hydroxylation is 1. The van der Waals surface area contributed by atoms with Gasteiger partial charge in [-0.05, 0) is 44.4 Å². The molecule has 0 saturated heterocycles. The number of carbonyl (C=O) groups is 2. The highest BCUT2D eigenvalue weighted by Crippen LogP contribution is 2.22. The Bertz CT molecular complexity index is 1170. The molecule has 0 aromatic heterocycles. The maximum Gasteiger partial charge on any atom is 0.244 e. The van der Waals surface area contributed by atoms with Crippen molar-refractivity contribution in [3.8, 4) is 0 Å². The van der Waals surface area contributed by atoms with Crippen molar-refractivity contribution in [2.75, 3.05) is 17.1 Å². The van der Waals surface area contributed by atoms with Crippen molar-refractivity contribution in [1.82, 2.24) is 10.2 Å². The van der Waals surface area contributed by atoms with Gasteiger partial charge in [-0.1, -0.05) is 42.7 Å². The third-order valence-electron chi connectivity index (χ3n) is 6.21. The zero-order chi connectivity index (χ0) is 25.8. The lowest BCUT2D eigenvalue weighted by Gasteiger charge is -2.32. The Morgan fingerprint density at radius 2 is 1.69 bits per heavy atom. The van der Waals surface area contributed by atoms with Crippen LogP contribution in [0.15, 0.2) is 42.5 Å². The number of nitrogens with one attached hydrogen (secondary N) is 1. The Balaban J connectivity index is 1.88. The van der Waals surface area contributed by atoms with Crippen molar-refractivity contribution in [2.24, 2.45) is 0 Å². The third kappa shape index (κ3) is 7.00. The number of benzene rings is 2. The molecule has 2 amide bonds. The van der Waals surface area contributed by atoms with E-state index in [0.29, 0.717) is 4.31 Å². The molecule has 0 unspecified atom stereocenters. The van der Waals surface area contributed by atoms with Crippen molar-refractivity contribution < 1.29 is 26.8 Å². The minimum absolute atomic E-state index is 0.0518. The van der Waals surface area contributed by atoms with Gasteiger partial charge in [0, 0.05) is 18.7 Å². The van der Waals surface area contributed by atoms with E-state index in [4.69, 9.17) is 0 Å². The highest BCUT2D eigenvalue weighted by molar-refractivity contribution is 7.92. The number of anilines is 1. The van der Waals surface area contributed by atoms with Crippen LogP contribution in [0.3, 0.4) is 0 Å². The fourth-order valence-electron chi connectivity index (χ4n) is 4.12. The zero-order valence-corrected chi connectivity index (χ0v) is 20.9. The van der Waals surface area contributed by atoms with Gasteiger partial charge in [-0.3, -0.25) is 13.9 Å². The van der Waals surface area contributed by atoms with Gasteiger partial charge in [0.05, 0.1) is 11.9 Å². The summed E-state index contributed by atoms with van der Waals surface area (Å²) in [5.74, 6) is -3.33. The van der Waals surface area contributed by atoms with Gasteiger partial charge < -0.3 is 10.2 Å². The summed E-state index contributed by atoms with van der Waals surface area (Å²) in [7, 11) is -4.02. The van der Waals surface area contributed by atoms with Crippen LogP contribution in [0.5, 0.6) is 0 Å². The van der Waals surface area contributed by atoms with Crippen LogP contribution in [-0.2, 0) is 26.2 Å². The van der Waals surface area contributed by atoms with Gasteiger partial charge in [-0.25, -0.2) is 17.2 Å². The number of rotatable bonds is 9. The molecule has 1 saturated carbocycles. The van der Waals surface area contributed by atoms with Crippen LogP contribution >= 0.6 is 0 Å². The molecule has 0 bridgehead atoms. The molecule has 35 heavy (non-hydrogen) atoms. The fraction of sp³-hybridized carbons (Fsp3) is 0.440. The standard InChI is InChI=1S/C25H31F2N3O4S/c1-17-8-10-19(11-9-17)15-29(18(2)25(32)28-20-6-4-5-7-20)24(31)16-30(35(3,33)34)21-12-13-22(26)23(27)14-21/h8-14,18,20H,4-7,15-16H2,1-3H3,(H,28,32)/t18-/m1/s1. The number of halogens is 2. The molecule has 1 N–H and O–H groups in total. The van der Waals surface area contributed by atoms with E-state index in [1.807, 2.05) is 31.2 Å². The average Bonchev–Trinajstić information content (AvgIpc) is 3.30. The van der Waals surface area contributed by atoms with Gasteiger partial charge in [0.2, 0.25) is 21.8 Å². The summed E-state index contributed by atoms with van der Waals surface area (Å²) in [4.78, 5) is 27.8. The summed E-state index contributed by atoms with van der Waals surface area (Å²) in [6.07, 6.45) is 4.69. The number of hydrogen-bond acceptors (Lipinski definition) is 4. The van der Waals surface area contributed by atoms with Gasteiger partial charge in [-0.15, -0.1) is 0 Å². The quantitative estimate of drug-likeness (QED) is 0.563. The zero-order valence-electron chi connectivity index (χ0n) is 20.1. The number of sulfonamides is 1. The van der Waals surface area contributed by atoms with Gasteiger partial charge in [0.1, 0.15) is 12.6 Å². The van der Waals surface area contributed by atoms with Crippen molar-refractivity contribution in [3.63, 3.8) is 0 Å². The molecule has 0 aliphatic heterocycles. The molecule has 1 fully saturated rings. The van der Waals surface area contributed by atoms with Crippen LogP contribution in [0.4, 0.5) is 14.5 Å². The second kappa shape index (κ2) is 11.2. The Morgan fingerprint density at radius 1 is 1.06 bits per heavy atom. The third-order valence-corrected chi connectivity index (χ3v) is 7.35. The highest BCUT2D eigenvalue weighted by atomic mass is 32.2. The minimum Gasteiger partial charge on any atom is -0.352 e. The summed E-state index contributed by atoms with van der Waals surface area (Å²) in [5, 5.41) is 2.98. The van der Waals surface area contributed by atoms with E-state index in [0.717, 1.165) is 61.3 Å². The number of carbonyl (C=O) groups excluding carboxylic acids is 2. The predicted octanol–water partition coefficient (Wildman–Crippen LogP) is 3.52. The SMILES string of the molecule is Cc1ccc(CN(C(=O)CN(c2ccc(F)c(F)c2)S(C)(=O)=O)[C@H](C)C(=O)NC2CCCC2)cc1. The summed E-state index contributed by atoms with van der Waals surface area (Å²) >= 11 is 0. The van der Waals surface area contributed by atoms with E-state index in [2.05, 4.69) is 5.32 Å². The number of nitrogens with zero attached hydrogens (tertiary/aromatic N) is 2. The maximum absolute atomic E-state index is 13.8. The molecule has 0 spiro atoms. The topological polar surface area (TPSA) is 86.8 Å². The smallest absolute Gasteiger partial charge is 0.244 e. The van der Waals surface area contributed by atoms with Gasteiger partial charge in [0.25, 0.3) is 0 Å². The Hall–Kier alpha value is -3.01. The molecule has 1 aliphatic carbocycles. The van der Waals surface area contributed by atoms with E-state index < -0.39 is 40.2 Å². The molecule has 1 atom stereocenters. The first kappa shape index (κ1) is 26.6. The predicted molar refractivity (Wildman–Crippen MR) is 130 cm³/mol. The molecule has 3 rings (SSSR count). The van der Waals surface area contributed by atoms with Gasteiger partial charge in [-0.2, -0.15) is 0 Å². The van der Waals surface area contributed by atoms with E-state index in [-0.39, 0.29) is 24.2 Å². The Kier molecular flexibility index (Phi) is 8.47. The second-order valence-corrected chi connectivity index (χ2v) is 10.9. The lowest BCUT2D eigenvalue weighted by atomic mass is 10.1. The van der Waals surface area contributed by atoms with E-state index in [1.165, 1.54) is 4.90 Å². The molecule has 0 heterocycles. The molecule has 1 aliphatic rings. The van der Waals surface area contributed by atoms with Crippen LogP contribution in [0.2, 0.25) is 0 Å². The Labute approximate surface area is 205 Å². The normalized spacial score (nSPS) is 15.0.